The van der Waals surface area contributed by atoms with Gasteiger partial charge in [0.25, 0.3) is 0 Å². The summed E-state index contributed by atoms with van der Waals surface area (Å²) < 4.78 is 26.7. The van der Waals surface area contributed by atoms with Gasteiger partial charge in [0, 0.05) is 16.6 Å². The number of nitrogens with zero attached hydrogens (tertiary/aromatic N) is 2. The number of thioether (sulfide) groups is 1. The molecule has 4 rings (SSSR count). The summed E-state index contributed by atoms with van der Waals surface area (Å²) in [5.41, 5.74) is 2.55. The number of aromatic nitrogens is 2. The predicted molar refractivity (Wildman–Crippen MR) is 111 cm³/mol. The first-order valence-electron chi connectivity index (χ1n) is 8.79. The number of fused-ring (bicyclic) bond motifs is 1. The molecule has 0 unspecified atom stereocenters. The quantitative estimate of drug-likeness (QED) is 0.360. The molecule has 29 heavy (non-hydrogen) atoms. The van der Waals surface area contributed by atoms with Gasteiger partial charge < -0.3 is 5.32 Å². The second-order valence-electron chi connectivity index (χ2n) is 6.23. The van der Waals surface area contributed by atoms with Crippen molar-refractivity contribution in [2.24, 2.45) is 0 Å². The lowest BCUT2D eigenvalue weighted by Gasteiger charge is -2.09. The SMILES string of the molecule is O=C(CSc1nc(-c2ccccc2)c2cc(F)ccc2n1)Nc1ccc(F)cc1. The summed E-state index contributed by atoms with van der Waals surface area (Å²) in [7, 11) is 0. The van der Waals surface area contributed by atoms with Crippen LogP contribution < -0.4 is 5.32 Å². The molecule has 1 amide bonds. The van der Waals surface area contributed by atoms with Crippen molar-refractivity contribution in [1.29, 1.82) is 0 Å². The lowest BCUT2D eigenvalue weighted by Crippen LogP contribution is -2.14. The van der Waals surface area contributed by atoms with Crippen LogP contribution in [0.25, 0.3) is 22.2 Å². The number of hydrogen-bond donors (Lipinski definition) is 1. The molecule has 4 nitrogen and oxygen atoms in total. The van der Waals surface area contributed by atoms with E-state index in [0.29, 0.717) is 27.4 Å². The molecule has 4 aromatic rings. The van der Waals surface area contributed by atoms with E-state index in [1.165, 1.54) is 48.2 Å². The minimum absolute atomic E-state index is 0.0817. The van der Waals surface area contributed by atoms with Crippen LogP contribution in [0, 0.1) is 11.6 Å². The number of halogens is 2. The average molecular weight is 407 g/mol. The predicted octanol–water partition coefficient (Wildman–Crippen LogP) is 5.31. The van der Waals surface area contributed by atoms with Crippen molar-refractivity contribution in [3.8, 4) is 11.3 Å². The van der Waals surface area contributed by atoms with Gasteiger partial charge in [0.1, 0.15) is 11.6 Å². The van der Waals surface area contributed by atoms with E-state index in [0.717, 1.165) is 5.56 Å². The zero-order chi connectivity index (χ0) is 20.2. The highest BCUT2D eigenvalue weighted by atomic mass is 32.2. The molecule has 0 atom stereocenters. The summed E-state index contributed by atoms with van der Waals surface area (Å²) in [6.07, 6.45) is 0. The molecule has 1 N–H and O–H groups in total. The minimum atomic E-state index is -0.369. The number of nitrogens with one attached hydrogen (secondary N) is 1. The maximum Gasteiger partial charge on any atom is 0.234 e. The van der Waals surface area contributed by atoms with Crippen LogP contribution in [0.2, 0.25) is 0 Å². The normalized spacial score (nSPS) is 10.8. The number of rotatable bonds is 5. The highest BCUT2D eigenvalue weighted by Crippen LogP contribution is 2.29. The van der Waals surface area contributed by atoms with Crippen LogP contribution in [0.1, 0.15) is 0 Å². The number of benzene rings is 3. The van der Waals surface area contributed by atoms with Gasteiger partial charge in [0.2, 0.25) is 5.91 Å². The van der Waals surface area contributed by atoms with E-state index >= 15 is 0 Å². The standard InChI is InChI=1S/C22H15F2N3OS/c23-15-6-9-17(10-7-15)25-20(28)13-29-22-26-19-11-8-16(24)12-18(19)21(27-22)14-4-2-1-3-5-14/h1-12H,13H2,(H,25,28). The molecular weight excluding hydrogens is 392 g/mol. The molecule has 144 valence electrons. The highest BCUT2D eigenvalue weighted by molar-refractivity contribution is 7.99. The van der Waals surface area contributed by atoms with Crippen molar-refractivity contribution < 1.29 is 13.6 Å². The third-order valence-electron chi connectivity index (χ3n) is 4.14. The van der Waals surface area contributed by atoms with Crippen molar-refractivity contribution in [1.82, 2.24) is 9.97 Å². The molecule has 1 heterocycles. The van der Waals surface area contributed by atoms with Crippen LogP contribution in [-0.2, 0) is 4.79 Å². The highest BCUT2D eigenvalue weighted by Gasteiger charge is 2.13. The maximum absolute atomic E-state index is 13.8. The molecule has 0 aliphatic rings. The number of carbonyl (C=O) groups excluding carboxylic acids is 1. The van der Waals surface area contributed by atoms with Crippen molar-refractivity contribution in [3.63, 3.8) is 0 Å². The molecule has 0 spiro atoms. The first-order valence-corrected chi connectivity index (χ1v) is 9.78. The van der Waals surface area contributed by atoms with E-state index in [-0.39, 0.29) is 23.3 Å². The zero-order valence-corrected chi connectivity index (χ0v) is 15.9. The molecule has 0 aliphatic carbocycles. The Balaban J connectivity index is 1.58. The zero-order valence-electron chi connectivity index (χ0n) is 15.1. The Bertz CT molecular complexity index is 1170. The van der Waals surface area contributed by atoms with E-state index in [9.17, 15) is 13.6 Å². The van der Waals surface area contributed by atoms with E-state index in [1.807, 2.05) is 30.3 Å². The smallest absolute Gasteiger partial charge is 0.234 e. The summed E-state index contributed by atoms with van der Waals surface area (Å²) in [6, 6.07) is 19.3. The lowest BCUT2D eigenvalue weighted by atomic mass is 10.1. The van der Waals surface area contributed by atoms with Crippen LogP contribution >= 0.6 is 11.8 Å². The number of carbonyl (C=O) groups is 1. The molecule has 0 radical (unpaired) electrons. The van der Waals surface area contributed by atoms with E-state index in [2.05, 4.69) is 15.3 Å². The molecule has 0 saturated heterocycles. The van der Waals surface area contributed by atoms with Crippen LogP contribution in [0.4, 0.5) is 14.5 Å². The first-order chi connectivity index (χ1) is 14.1. The Kier molecular flexibility index (Phi) is 5.48. The van der Waals surface area contributed by atoms with Crippen LogP contribution in [0.15, 0.2) is 78.0 Å². The van der Waals surface area contributed by atoms with E-state index in [1.54, 1.807) is 6.07 Å². The molecule has 3 aromatic carbocycles. The minimum Gasteiger partial charge on any atom is -0.325 e. The second-order valence-corrected chi connectivity index (χ2v) is 7.17. The molecular formula is C22H15F2N3OS. The summed E-state index contributed by atoms with van der Waals surface area (Å²) in [6.45, 7) is 0. The Labute approximate surface area is 170 Å². The fourth-order valence-corrected chi connectivity index (χ4v) is 3.47. The molecule has 0 bridgehead atoms. The molecule has 0 fully saturated rings. The topological polar surface area (TPSA) is 54.9 Å². The molecule has 1 aromatic heterocycles. The first kappa shape index (κ1) is 19.0. The van der Waals surface area contributed by atoms with Crippen molar-refractivity contribution in [3.05, 3.63) is 84.4 Å². The van der Waals surface area contributed by atoms with Gasteiger partial charge in [-0.25, -0.2) is 18.7 Å². The Morgan fingerprint density at radius 3 is 2.38 bits per heavy atom. The largest absolute Gasteiger partial charge is 0.325 e. The average Bonchev–Trinajstić information content (AvgIpc) is 2.74. The van der Waals surface area contributed by atoms with Gasteiger partial charge in [-0.05, 0) is 42.5 Å². The monoisotopic (exact) mass is 407 g/mol. The number of amides is 1. The van der Waals surface area contributed by atoms with Crippen molar-refractivity contribution in [2.75, 3.05) is 11.1 Å². The van der Waals surface area contributed by atoms with Crippen LogP contribution in [-0.4, -0.2) is 21.6 Å². The van der Waals surface area contributed by atoms with Crippen LogP contribution in [0.3, 0.4) is 0 Å². The van der Waals surface area contributed by atoms with E-state index in [4.69, 9.17) is 0 Å². The van der Waals surface area contributed by atoms with Gasteiger partial charge in [-0.2, -0.15) is 0 Å². The lowest BCUT2D eigenvalue weighted by molar-refractivity contribution is -0.113. The molecule has 7 heteroatoms. The van der Waals surface area contributed by atoms with Gasteiger partial charge in [-0.1, -0.05) is 42.1 Å². The Morgan fingerprint density at radius 1 is 0.897 bits per heavy atom. The van der Waals surface area contributed by atoms with Gasteiger partial charge in [-0.15, -0.1) is 0 Å². The van der Waals surface area contributed by atoms with Crippen LogP contribution in [0.5, 0.6) is 0 Å². The maximum atomic E-state index is 13.8. The summed E-state index contributed by atoms with van der Waals surface area (Å²) in [5.74, 6) is -0.909. The van der Waals surface area contributed by atoms with Crippen molar-refractivity contribution >= 4 is 34.3 Å². The van der Waals surface area contributed by atoms with Crippen molar-refractivity contribution in [2.45, 2.75) is 5.16 Å². The van der Waals surface area contributed by atoms with Gasteiger partial charge in [0.05, 0.1) is 17.0 Å². The second kappa shape index (κ2) is 8.36. The van der Waals surface area contributed by atoms with Gasteiger partial charge in [-0.3, -0.25) is 4.79 Å². The fourth-order valence-electron chi connectivity index (χ4n) is 2.82. The Hall–Kier alpha value is -3.32. The third kappa shape index (κ3) is 4.57. The summed E-state index contributed by atoms with van der Waals surface area (Å²) >= 11 is 1.18. The summed E-state index contributed by atoms with van der Waals surface area (Å²) in [5, 5.41) is 3.72. The van der Waals surface area contributed by atoms with E-state index < -0.39 is 0 Å². The molecule has 0 saturated carbocycles. The fraction of sp³-hybridized carbons (Fsp3) is 0.0455. The third-order valence-corrected chi connectivity index (χ3v) is 4.99. The Morgan fingerprint density at radius 2 is 1.62 bits per heavy atom. The number of anilines is 1. The van der Waals surface area contributed by atoms with Gasteiger partial charge in [0.15, 0.2) is 5.16 Å². The number of hydrogen-bond acceptors (Lipinski definition) is 4. The molecule has 0 aliphatic heterocycles. The summed E-state index contributed by atoms with van der Waals surface area (Å²) in [4.78, 5) is 21.2. The van der Waals surface area contributed by atoms with Gasteiger partial charge >= 0.3 is 0 Å².